The molecule has 2 aliphatic carbocycles. The molecule has 3 atom stereocenters. The van der Waals surface area contributed by atoms with Crippen molar-refractivity contribution in [2.75, 3.05) is 0 Å². The van der Waals surface area contributed by atoms with Gasteiger partial charge in [-0.25, -0.2) is 0 Å². The zero-order valence-corrected chi connectivity index (χ0v) is 10.2. The minimum Gasteiger partial charge on any atom is -0.295 e. The van der Waals surface area contributed by atoms with Crippen molar-refractivity contribution in [3.8, 4) is 0 Å². The van der Waals surface area contributed by atoms with Crippen molar-refractivity contribution in [2.24, 2.45) is 17.3 Å². The SMILES string of the molecule is CC(=O)C1=C[C@H]2[C@H](C)CCCC2(C)CC1. The Balaban J connectivity index is 2.28. The predicted molar refractivity (Wildman–Crippen MR) is 62.6 cm³/mol. The summed E-state index contributed by atoms with van der Waals surface area (Å²) in [5.41, 5.74) is 1.57. The molecule has 0 bridgehead atoms. The van der Waals surface area contributed by atoms with Crippen LogP contribution in [0.1, 0.15) is 52.9 Å². The third-order valence-corrected chi connectivity index (χ3v) is 4.62. The third-order valence-electron chi connectivity index (χ3n) is 4.62. The second-order valence-corrected chi connectivity index (χ2v) is 5.80. The fourth-order valence-corrected chi connectivity index (χ4v) is 3.53. The van der Waals surface area contributed by atoms with E-state index in [-0.39, 0.29) is 5.78 Å². The highest BCUT2D eigenvalue weighted by Crippen LogP contribution is 2.51. The van der Waals surface area contributed by atoms with Gasteiger partial charge in [-0.15, -0.1) is 0 Å². The van der Waals surface area contributed by atoms with Crippen molar-refractivity contribution in [3.63, 3.8) is 0 Å². The molecule has 1 saturated carbocycles. The number of fused-ring (bicyclic) bond motifs is 1. The first-order valence-electron chi connectivity index (χ1n) is 6.24. The van der Waals surface area contributed by atoms with Crippen LogP contribution in [-0.4, -0.2) is 5.78 Å². The smallest absolute Gasteiger partial charge is 0.155 e. The van der Waals surface area contributed by atoms with Crippen LogP contribution in [0.4, 0.5) is 0 Å². The standard InChI is InChI=1S/C14H22O/c1-10-5-4-7-14(3)8-6-12(11(2)15)9-13(10)14/h9-10,13H,4-8H2,1-3H3/t10-,13+,14?/m1/s1. The van der Waals surface area contributed by atoms with E-state index in [4.69, 9.17) is 0 Å². The number of carbonyl (C=O) groups excluding carboxylic acids is 1. The molecule has 0 radical (unpaired) electrons. The molecule has 0 amide bonds. The van der Waals surface area contributed by atoms with Crippen molar-refractivity contribution in [1.29, 1.82) is 0 Å². The molecule has 15 heavy (non-hydrogen) atoms. The lowest BCUT2D eigenvalue weighted by atomic mass is 9.58. The molecular weight excluding hydrogens is 184 g/mol. The fourth-order valence-electron chi connectivity index (χ4n) is 3.53. The van der Waals surface area contributed by atoms with Crippen LogP contribution in [0.2, 0.25) is 0 Å². The van der Waals surface area contributed by atoms with Gasteiger partial charge in [0.1, 0.15) is 0 Å². The van der Waals surface area contributed by atoms with Gasteiger partial charge in [0.2, 0.25) is 0 Å². The maximum absolute atomic E-state index is 11.4. The number of hydrogen-bond acceptors (Lipinski definition) is 1. The maximum atomic E-state index is 11.4. The van der Waals surface area contributed by atoms with E-state index in [1.54, 1.807) is 6.92 Å². The molecule has 0 aromatic carbocycles. The topological polar surface area (TPSA) is 17.1 Å². The molecule has 0 saturated heterocycles. The van der Waals surface area contributed by atoms with Crippen molar-refractivity contribution in [3.05, 3.63) is 11.6 Å². The van der Waals surface area contributed by atoms with Gasteiger partial charge in [-0.1, -0.05) is 32.8 Å². The minimum absolute atomic E-state index is 0.287. The lowest BCUT2D eigenvalue weighted by Gasteiger charge is -2.47. The lowest BCUT2D eigenvalue weighted by Crippen LogP contribution is -2.37. The van der Waals surface area contributed by atoms with Gasteiger partial charge in [0.15, 0.2) is 5.78 Å². The summed E-state index contributed by atoms with van der Waals surface area (Å²) < 4.78 is 0. The molecule has 0 aromatic heterocycles. The zero-order chi connectivity index (χ0) is 11.1. The first kappa shape index (κ1) is 10.9. The average Bonchev–Trinajstić information content (AvgIpc) is 2.17. The van der Waals surface area contributed by atoms with Gasteiger partial charge < -0.3 is 0 Å². The number of Topliss-reactive ketones (excluding diaryl/α,β-unsaturated/α-hetero) is 1. The molecular formula is C14H22O. The van der Waals surface area contributed by atoms with E-state index in [1.807, 2.05) is 0 Å². The van der Waals surface area contributed by atoms with E-state index in [1.165, 1.54) is 25.7 Å². The van der Waals surface area contributed by atoms with Crippen molar-refractivity contribution >= 4 is 5.78 Å². The molecule has 2 rings (SSSR count). The summed E-state index contributed by atoms with van der Waals surface area (Å²) in [5.74, 6) is 1.70. The lowest BCUT2D eigenvalue weighted by molar-refractivity contribution is -0.114. The van der Waals surface area contributed by atoms with E-state index in [0.29, 0.717) is 11.3 Å². The van der Waals surface area contributed by atoms with Crippen LogP contribution in [0.25, 0.3) is 0 Å². The molecule has 0 spiro atoms. The quantitative estimate of drug-likeness (QED) is 0.638. The van der Waals surface area contributed by atoms with Gasteiger partial charge in [0, 0.05) is 0 Å². The van der Waals surface area contributed by atoms with Crippen LogP contribution in [0.15, 0.2) is 11.6 Å². The summed E-state index contributed by atoms with van der Waals surface area (Å²) in [5, 5.41) is 0. The Morgan fingerprint density at radius 3 is 2.87 bits per heavy atom. The first-order chi connectivity index (χ1) is 7.03. The number of allylic oxidation sites excluding steroid dienone is 2. The number of ketones is 1. The summed E-state index contributed by atoms with van der Waals surface area (Å²) in [6, 6.07) is 0. The molecule has 0 aliphatic heterocycles. The second-order valence-electron chi connectivity index (χ2n) is 5.80. The van der Waals surface area contributed by atoms with E-state index in [2.05, 4.69) is 19.9 Å². The van der Waals surface area contributed by atoms with Crippen LogP contribution in [-0.2, 0) is 4.79 Å². The van der Waals surface area contributed by atoms with E-state index in [0.717, 1.165) is 17.9 Å². The van der Waals surface area contributed by atoms with E-state index in [9.17, 15) is 4.79 Å². The predicted octanol–water partition coefficient (Wildman–Crippen LogP) is 3.74. The maximum Gasteiger partial charge on any atom is 0.155 e. The first-order valence-corrected chi connectivity index (χ1v) is 6.24. The molecule has 2 aliphatic rings. The van der Waals surface area contributed by atoms with Gasteiger partial charge in [-0.2, -0.15) is 0 Å². The highest BCUT2D eigenvalue weighted by Gasteiger charge is 2.41. The van der Waals surface area contributed by atoms with Gasteiger partial charge >= 0.3 is 0 Å². The van der Waals surface area contributed by atoms with E-state index >= 15 is 0 Å². The Labute approximate surface area is 92.9 Å². The molecule has 1 nitrogen and oxygen atoms in total. The van der Waals surface area contributed by atoms with Crippen LogP contribution in [0, 0.1) is 17.3 Å². The summed E-state index contributed by atoms with van der Waals surface area (Å²) in [7, 11) is 0. The van der Waals surface area contributed by atoms with Gasteiger partial charge in [-0.3, -0.25) is 4.79 Å². The largest absolute Gasteiger partial charge is 0.295 e. The molecule has 84 valence electrons. The van der Waals surface area contributed by atoms with Crippen LogP contribution >= 0.6 is 0 Å². The summed E-state index contributed by atoms with van der Waals surface area (Å²) in [4.78, 5) is 11.4. The molecule has 1 unspecified atom stereocenters. The average molecular weight is 206 g/mol. The Kier molecular flexibility index (Phi) is 2.74. The van der Waals surface area contributed by atoms with Crippen LogP contribution in [0.3, 0.4) is 0 Å². The van der Waals surface area contributed by atoms with Crippen molar-refractivity contribution < 1.29 is 4.79 Å². The highest BCUT2D eigenvalue weighted by molar-refractivity contribution is 5.93. The van der Waals surface area contributed by atoms with Gasteiger partial charge in [0.05, 0.1) is 0 Å². The Morgan fingerprint density at radius 1 is 1.47 bits per heavy atom. The van der Waals surface area contributed by atoms with Gasteiger partial charge in [0.25, 0.3) is 0 Å². The summed E-state index contributed by atoms with van der Waals surface area (Å²) in [6.07, 6.45) is 8.58. The minimum atomic E-state index is 0.287. The number of hydrogen-bond donors (Lipinski definition) is 0. The van der Waals surface area contributed by atoms with Crippen LogP contribution in [0.5, 0.6) is 0 Å². The third kappa shape index (κ3) is 1.89. The molecule has 0 heterocycles. The number of rotatable bonds is 1. The van der Waals surface area contributed by atoms with Gasteiger partial charge in [-0.05, 0) is 49.0 Å². The summed E-state index contributed by atoms with van der Waals surface area (Å²) in [6.45, 7) is 6.48. The Morgan fingerprint density at radius 2 is 2.20 bits per heavy atom. The number of carbonyl (C=O) groups is 1. The fraction of sp³-hybridized carbons (Fsp3) is 0.786. The normalized spacial score (nSPS) is 40.6. The zero-order valence-electron chi connectivity index (χ0n) is 10.2. The Bertz CT molecular complexity index is 302. The summed E-state index contributed by atoms with van der Waals surface area (Å²) >= 11 is 0. The molecule has 1 fully saturated rings. The molecule has 1 heteroatoms. The van der Waals surface area contributed by atoms with Crippen LogP contribution < -0.4 is 0 Å². The second kappa shape index (κ2) is 3.77. The highest BCUT2D eigenvalue weighted by atomic mass is 16.1. The molecule has 0 aromatic rings. The molecule has 0 N–H and O–H groups in total. The van der Waals surface area contributed by atoms with Crippen molar-refractivity contribution in [2.45, 2.75) is 52.9 Å². The monoisotopic (exact) mass is 206 g/mol. The Hall–Kier alpha value is -0.590. The van der Waals surface area contributed by atoms with E-state index < -0.39 is 0 Å². The van der Waals surface area contributed by atoms with Crippen molar-refractivity contribution in [1.82, 2.24) is 0 Å².